The average molecular weight is 236 g/mol. The van der Waals surface area contributed by atoms with Crippen molar-refractivity contribution in [1.29, 1.82) is 0 Å². The van der Waals surface area contributed by atoms with Crippen LogP contribution >= 0.6 is 0 Å². The lowest BCUT2D eigenvalue weighted by atomic mass is 10.1. The van der Waals surface area contributed by atoms with E-state index in [1.807, 2.05) is 6.07 Å². The third-order valence-electron chi connectivity index (χ3n) is 2.62. The van der Waals surface area contributed by atoms with Gasteiger partial charge in [0, 0.05) is 19.8 Å². The van der Waals surface area contributed by atoms with Gasteiger partial charge in [0.25, 0.3) is 0 Å². The van der Waals surface area contributed by atoms with E-state index in [0.717, 1.165) is 25.2 Å². The molecule has 0 radical (unpaired) electrons. The zero-order chi connectivity index (χ0) is 12.1. The number of Topliss-reactive ketones (excluding diaryl/α,β-unsaturated/α-hetero) is 1. The van der Waals surface area contributed by atoms with E-state index in [4.69, 9.17) is 14.2 Å². The predicted molar refractivity (Wildman–Crippen MR) is 62.9 cm³/mol. The highest BCUT2D eigenvalue weighted by Gasteiger charge is 2.21. The number of carbonyl (C=O) groups excluding carboxylic acids is 1. The maximum Gasteiger partial charge on any atom is 0.203 e. The molecule has 17 heavy (non-hydrogen) atoms. The van der Waals surface area contributed by atoms with E-state index in [0.29, 0.717) is 17.9 Å². The van der Waals surface area contributed by atoms with Crippen molar-refractivity contribution >= 4 is 5.78 Å². The minimum absolute atomic E-state index is 0.0339. The molecule has 0 atom stereocenters. The molecular formula is C13H16O4. The number of hydrogen-bond donors (Lipinski definition) is 0. The molecule has 4 heteroatoms. The third kappa shape index (κ3) is 2.97. The highest BCUT2D eigenvalue weighted by Crippen LogP contribution is 2.29. The van der Waals surface area contributed by atoms with Gasteiger partial charge >= 0.3 is 0 Å². The molecule has 0 unspecified atom stereocenters. The van der Waals surface area contributed by atoms with Gasteiger partial charge in [-0.25, -0.2) is 0 Å². The number of ether oxygens (including phenoxy) is 3. The predicted octanol–water partition coefficient (Wildman–Crippen LogP) is 2.07. The molecule has 92 valence electrons. The van der Waals surface area contributed by atoms with Gasteiger partial charge < -0.3 is 14.2 Å². The quantitative estimate of drug-likeness (QED) is 0.709. The van der Waals surface area contributed by atoms with Gasteiger partial charge in [-0.05, 0) is 25.0 Å². The summed E-state index contributed by atoms with van der Waals surface area (Å²) in [5, 5.41) is 0. The molecule has 0 saturated carbocycles. The zero-order valence-corrected chi connectivity index (χ0v) is 9.90. The lowest BCUT2D eigenvalue weighted by Gasteiger charge is -2.07. The summed E-state index contributed by atoms with van der Waals surface area (Å²) in [4.78, 5) is 11.3. The second-order valence-electron chi connectivity index (χ2n) is 3.92. The van der Waals surface area contributed by atoms with Gasteiger partial charge in [0.2, 0.25) is 5.78 Å². The highest BCUT2D eigenvalue weighted by atomic mass is 16.5. The van der Waals surface area contributed by atoms with E-state index < -0.39 is 0 Å². The Morgan fingerprint density at radius 1 is 1.29 bits per heavy atom. The average Bonchev–Trinajstić information content (AvgIpc) is 2.71. The largest absolute Gasteiger partial charge is 0.493 e. The zero-order valence-electron chi connectivity index (χ0n) is 9.90. The van der Waals surface area contributed by atoms with E-state index in [1.54, 1.807) is 19.2 Å². The topological polar surface area (TPSA) is 44.8 Å². The maximum absolute atomic E-state index is 11.3. The van der Waals surface area contributed by atoms with Gasteiger partial charge in [-0.3, -0.25) is 4.79 Å². The molecule has 0 fully saturated rings. The summed E-state index contributed by atoms with van der Waals surface area (Å²) in [7, 11) is 1.69. The Morgan fingerprint density at radius 2 is 2.12 bits per heavy atom. The smallest absolute Gasteiger partial charge is 0.203 e. The van der Waals surface area contributed by atoms with E-state index in [-0.39, 0.29) is 12.4 Å². The number of ketones is 1. The Hall–Kier alpha value is -1.55. The normalized spacial score (nSPS) is 13.4. The summed E-state index contributed by atoms with van der Waals surface area (Å²) >= 11 is 0. The van der Waals surface area contributed by atoms with Crippen molar-refractivity contribution in [3.8, 4) is 11.5 Å². The molecule has 0 spiro atoms. The molecule has 1 heterocycles. The van der Waals surface area contributed by atoms with Crippen molar-refractivity contribution in [3.05, 3.63) is 23.8 Å². The fraction of sp³-hybridized carbons (Fsp3) is 0.462. The fourth-order valence-electron chi connectivity index (χ4n) is 1.70. The number of unbranched alkanes of at least 4 members (excludes halogenated alkanes) is 1. The highest BCUT2D eigenvalue weighted by molar-refractivity contribution is 6.02. The summed E-state index contributed by atoms with van der Waals surface area (Å²) in [6.07, 6.45) is 1.93. The summed E-state index contributed by atoms with van der Waals surface area (Å²) in [6.45, 7) is 1.55. The second-order valence-corrected chi connectivity index (χ2v) is 3.92. The third-order valence-corrected chi connectivity index (χ3v) is 2.62. The van der Waals surface area contributed by atoms with Gasteiger partial charge in [-0.1, -0.05) is 0 Å². The van der Waals surface area contributed by atoms with Crippen LogP contribution in [0.4, 0.5) is 0 Å². The number of rotatable bonds is 6. The van der Waals surface area contributed by atoms with Crippen molar-refractivity contribution in [2.45, 2.75) is 12.8 Å². The molecule has 0 aromatic heterocycles. The van der Waals surface area contributed by atoms with Crippen LogP contribution in [0, 0.1) is 0 Å². The summed E-state index contributed by atoms with van der Waals surface area (Å²) in [6, 6.07) is 5.34. The molecule has 0 bridgehead atoms. The van der Waals surface area contributed by atoms with Crippen molar-refractivity contribution < 1.29 is 19.0 Å². The van der Waals surface area contributed by atoms with Gasteiger partial charge in [-0.15, -0.1) is 0 Å². The minimum atomic E-state index is 0.0339. The lowest BCUT2D eigenvalue weighted by Crippen LogP contribution is -1.99. The van der Waals surface area contributed by atoms with Crippen LogP contribution in [0.2, 0.25) is 0 Å². The van der Waals surface area contributed by atoms with Crippen molar-refractivity contribution in [1.82, 2.24) is 0 Å². The number of hydrogen-bond acceptors (Lipinski definition) is 4. The molecule has 1 aliphatic rings. The van der Waals surface area contributed by atoms with E-state index in [1.165, 1.54) is 0 Å². The molecule has 0 aliphatic carbocycles. The Balaban J connectivity index is 1.84. The molecule has 0 N–H and O–H groups in total. The number of carbonyl (C=O) groups is 1. The second kappa shape index (κ2) is 5.68. The Morgan fingerprint density at radius 3 is 2.94 bits per heavy atom. The van der Waals surface area contributed by atoms with E-state index in [2.05, 4.69) is 0 Å². The van der Waals surface area contributed by atoms with Crippen LogP contribution in [-0.4, -0.2) is 32.7 Å². The van der Waals surface area contributed by atoms with Gasteiger partial charge in [-0.2, -0.15) is 0 Å². The van der Waals surface area contributed by atoms with Crippen LogP contribution in [-0.2, 0) is 4.74 Å². The number of benzene rings is 1. The molecule has 1 aromatic rings. The Kier molecular flexibility index (Phi) is 3.98. The molecule has 2 rings (SSSR count). The first-order valence-electron chi connectivity index (χ1n) is 5.73. The van der Waals surface area contributed by atoms with Crippen LogP contribution in [0.5, 0.6) is 11.5 Å². The first-order valence-corrected chi connectivity index (χ1v) is 5.73. The van der Waals surface area contributed by atoms with Crippen LogP contribution in [0.15, 0.2) is 18.2 Å². The van der Waals surface area contributed by atoms with E-state index >= 15 is 0 Å². The fourth-order valence-corrected chi connectivity index (χ4v) is 1.70. The maximum atomic E-state index is 11.3. The van der Waals surface area contributed by atoms with Gasteiger partial charge in [0.05, 0.1) is 12.2 Å². The van der Waals surface area contributed by atoms with Crippen molar-refractivity contribution in [3.63, 3.8) is 0 Å². The van der Waals surface area contributed by atoms with Crippen LogP contribution in [0.25, 0.3) is 0 Å². The van der Waals surface area contributed by atoms with Gasteiger partial charge in [0.1, 0.15) is 11.5 Å². The number of fused-ring (bicyclic) bond motifs is 1. The van der Waals surface area contributed by atoms with Crippen LogP contribution in [0.3, 0.4) is 0 Å². The van der Waals surface area contributed by atoms with Crippen molar-refractivity contribution in [2.75, 3.05) is 26.9 Å². The van der Waals surface area contributed by atoms with Crippen LogP contribution < -0.4 is 9.47 Å². The van der Waals surface area contributed by atoms with E-state index in [9.17, 15) is 4.79 Å². The molecule has 0 saturated heterocycles. The summed E-state index contributed by atoms with van der Waals surface area (Å²) in [5.74, 6) is 1.41. The molecule has 4 nitrogen and oxygen atoms in total. The monoisotopic (exact) mass is 236 g/mol. The first kappa shape index (κ1) is 11.9. The standard InChI is InChI=1S/C13H16O4/c1-15-6-2-3-7-16-10-4-5-11-12(14)9-17-13(11)8-10/h4-5,8H,2-3,6-7,9H2,1H3. The first-order chi connectivity index (χ1) is 8.31. The molecule has 1 aromatic carbocycles. The molecular weight excluding hydrogens is 220 g/mol. The van der Waals surface area contributed by atoms with Crippen molar-refractivity contribution in [2.24, 2.45) is 0 Å². The van der Waals surface area contributed by atoms with Crippen LogP contribution in [0.1, 0.15) is 23.2 Å². The lowest BCUT2D eigenvalue weighted by molar-refractivity contribution is 0.0961. The Labute approximate surface area is 100 Å². The Bertz CT molecular complexity index is 400. The number of methoxy groups -OCH3 is 1. The molecule has 0 amide bonds. The minimum Gasteiger partial charge on any atom is -0.493 e. The van der Waals surface area contributed by atoms with Gasteiger partial charge in [0.15, 0.2) is 6.61 Å². The summed E-state index contributed by atoms with van der Waals surface area (Å²) < 4.78 is 15.8. The molecule has 1 aliphatic heterocycles. The summed E-state index contributed by atoms with van der Waals surface area (Å²) in [5.41, 5.74) is 0.650. The SMILES string of the molecule is COCCCCOc1ccc2c(c1)OCC2=O.